The molecule has 48 heavy (non-hydrogen) atoms. The summed E-state index contributed by atoms with van der Waals surface area (Å²) in [6.45, 7) is 0. The maximum Gasteiger partial charge on any atom is 0.164 e. The zero-order valence-electron chi connectivity index (χ0n) is 26.3. The topological polar surface area (TPSA) is 65.0 Å². The highest BCUT2D eigenvalue weighted by Crippen LogP contribution is 2.48. The highest BCUT2D eigenvalue weighted by molar-refractivity contribution is 6.05. The van der Waals surface area contributed by atoms with Gasteiger partial charge in [-0.3, -0.25) is 0 Å². The summed E-state index contributed by atoms with van der Waals surface area (Å²) in [5.41, 5.74) is 9.48. The summed E-state index contributed by atoms with van der Waals surface area (Å²) in [7, 11) is 0. The molecule has 3 aromatic heterocycles. The molecule has 3 aliphatic rings. The molecule has 0 fully saturated rings. The Morgan fingerprint density at radius 2 is 1.35 bits per heavy atom. The minimum atomic E-state index is 0.178. The predicted octanol–water partition coefficient (Wildman–Crippen LogP) is 10.8. The van der Waals surface area contributed by atoms with Gasteiger partial charge < -0.3 is 8.83 Å². The lowest BCUT2D eigenvalue weighted by atomic mass is 9.69. The van der Waals surface area contributed by atoms with Gasteiger partial charge in [0.2, 0.25) is 0 Å². The molecular weight excluding hydrogens is 590 g/mol. The molecule has 0 N–H and O–H groups in total. The molecule has 4 aromatic carbocycles. The molecule has 5 heteroatoms. The van der Waals surface area contributed by atoms with Crippen molar-refractivity contribution in [1.82, 2.24) is 15.0 Å². The summed E-state index contributed by atoms with van der Waals surface area (Å²) in [4.78, 5) is 15.3. The number of benzene rings is 4. The number of aromatic nitrogens is 3. The van der Waals surface area contributed by atoms with Gasteiger partial charge in [0, 0.05) is 50.8 Å². The number of allylic oxidation sites excluding steroid dienone is 8. The predicted molar refractivity (Wildman–Crippen MR) is 192 cm³/mol. The number of rotatable bonds is 4. The summed E-state index contributed by atoms with van der Waals surface area (Å²) < 4.78 is 12.7. The van der Waals surface area contributed by atoms with Gasteiger partial charge in [0.15, 0.2) is 17.5 Å². The van der Waals surface area contributed by atoms with Crippen molar-refractivity contribution in [3.05, 3.63) is 150 Å². The molecule has 0 saturated heterocycles. The monoisotopic (exact) mass is 621 g/mol. The van der Waals surface area contributed by atoms with Crippen LogP contribution in [0.1, 0.15) is 36.4 Å². The van der Waals surface area contributed by atoms with Gasteiger partial charge in [0.1, 0.15) is 22.5 Å². The van der Waals surface area contributed by atoms with Crippen LogP contribution in [0.3, 0.4) is 0 Å². The van der Waals surface area contributed by atoms with Crippen molar-refractivity contribution in [3.63, 3.8) is 0 Å². The van der Waals surface area contributed by atoms with Crippen LogP contribution >= 0.6 is 0 Å². The van der Waals surface area contributed by atoms with E-state index in [2.05, 4.69) is 91.0 Å². The lowest BCUT2D eigenvalue weighted by Crippen LogP contribution is -2.23. The van der Waals surface area contributed by atoms with Gasteiger partial charge in [-0.15, -0.1) is 0 Å². The number of nitrogens with zero attached hydrogens (tertiary/aromatic N) is 3. The molecule has 7 aromatic rings. The molecule has 0 amide bonds. The van der Waals surface area contributed by atoms with Crippen molar-refractivity contribution < 1.29 is 8.83 Å². The molecule has 5 nitrogen and oxygen atoms in total. The van der Waals surface area contributed by atoms with E-state index in [1.807, 2.05) is 36.4 Å². The van der Waals surface area contributed by atoms with E-state index in [0.29, 0.717) is 23.4 Å². The first-order chi connectivity index (χ1) is 23.8. The smallest absolute Gasteiger partial charge is 0.164 e. The first-order valence-corrected chi connectivity index (χ1v) is 16.8. The zero-order valence-corrected chi connectivity index (χ0v) is 26.3. The van der Waals surface area contributed by atoms with E-state index in [9.17, 15) is 0 Å². The third-order valence-electron chi connectivity index (χ3n) is 10.1. The van der Waals surface area contributed by atoms with E-state index in [0.717, 1.165) is 75.7 Å². The lowest BCUT2D eigenvalue weighted by molar-refractivity contribution is 0.489. The molecule has 2 unspecified atom stereocenters. The van der Waals surface area contributed by atoms with Crippen molar-refractivity contribution in [1.29, 1.82) is 0 Å². The Labute approximate surface area is 277 Å². The standard InChI is InChI=1S/C43H31N3O2/c1-2-11-26(12-3-1)41-44-42(28-21-22-32-31-15-6-8-18-36(31)48-39(32)25-28)46-43(45-41)29-23-27-13-4-5-14-30(27)35(24-29)33-17-10-20-38-40(33)34-16-7-9-19-37(34)47-38/h1-4,6-9,11-13,15-19,21-25,30,35H,5,10,14,20H2. The van der Waals surface area contributed by atoms with Crippen LogP contribution in [-0.2, 0) is 6.42 Å². The molecule has 0 saturated carbocycles. The third-order valence-corrected chi connectivity index (χ3v) is 10.1. The van der Waals surface area contributed by atoms with Crippen molar-refractivity contribution in [3.8, 4) is 22.8 Å². The van der Waals surface area contributed by atoms with Gasteiger partial charge in [-0.1, -0.05) is 97.1 Å². The Morgan fingerprint density at radius 1 is 0.625 bits per heavy atom. The Kier molecular flexibility index (Phi) is 6.19. The van der Waals surface area contributed by atoms with Crippen LogP contribution in [0.5, 0.6) is 0 Å². The van der Waals surface area contributed by atoms with Gasteiger partial charge in [0.25, 0.3) is 0 Å². The van der Waals surface area contributed by atoms with Crippen LogP contribution < -0.4 is 0 Å². The number of para-hydroxylation sites is 2. The molecule has 3 aliphatic carbocycles. The lowest BCUT2D eigenvalue weighted by Gasteiger charge is -2.35. The Bertz CT molecular complexity index is 2530. The quantitative estimate of drug-likeness (QED) is 0.196. The zero-order chi connectivity index (χ0) is 31.6. The highest BCUT2D eigenvalue weighted by atomic mass is 16.3. The maximum absolute atomic E-state index is 6.41. The van der Waals surface area contributed by atoms with Gasteiger partial charge in [-0.05, 0) is 66.7 Å². The molecule has 3 heterocycles. The van der Waals surface area contributed by atoms with E-state index in [-0.39, 0.29) is 5.92 Å². The fourth-order valence-electron chi connectivity index (χ4n) is 7.88. The number of aryl methyl sites for hydroxylation is 1. The van der Waals surface area contributed by atoms with Crippen LogP contribution in [0.2, 0.25) is 0 Å². The molecule has 10 rings (SSSR count). The summed E-state index contributed by atoms with van der Waals surface area (Å²) in [5.74, 6) is 3.61. The molecule has 0 radical (unpaired) electrons. The van der Waals surface area contributed by atoms with Gasteiger partial charge in [0.05, 0.1) is 0 Å². The minimum absolute atomic E-state index is 0.178. The molecule has 2 atom stereocenters. The summed E-state index contributed by atoms with van der Waals surface area (Å²) in [6.07, 6.45) is 15.8. The van der Waals surface area contributed by atoms with Gasteiger partial charge in [-0.25, -0.2) is 15.0 Å². The summed E-state index contributed by atoms with van der Waals surface area (Å²) in [6, 6.07) is 33.0. The second-order valence-corrected chi connectivity index (χ2v) is 13.0. The van der Waals surface area contributed by atoms with Crippen LogP contribution in [-0.4, -0.2) is 15.0 Å². The molecule has 230 valence electrons. The Hall–Kier alpha value is -5.81. The fraction of sp³-hybridized carbons (Fsp3) is 0.140. The second-order valence-electron chi connectivity index (χ2n) is 13.0. The van der Waals surface area contributed by atoms with E-state index in [4.69, 9.17) is 23.8 Å². The maximum atomic E-state index is 6.41. The molecule has 0 aliphatic heterocycles. The van der Waals surface area contributed by atoms with Crippen molar-refractivity contribution in [2.75, 3.05) is 0 Å². The highest BCUT2D eigenvalue weighted by Gasteiger charge is 2.35. The average molecular weight is 622 g/mol. The SMILES string of the molecule is C1=CC2=CC(c3nc(-c4ccccc4)nc(-c4ccc5c(c4)oc4ccccc45)n3)=CC(C3=CCCc4oc5ccccc5c43)C2CC1. The number of hydrogen-bond acceptors (Lipinski definition) is 5. The molecular formula is C43H31N3O2. The van der Waals surface area contributed by atoms with Crippen LogP contribution in [0, 0.1) is 11.8 Å². The van der Waals surface area contributed by atoms with Crippen LogP contribution in [0.15, 0.2) is 142 Å². The molecule has 0 spiro atoms. The third kappa shape index (κ3) is 4.42. The second kappa shape index (κ2) is 10.9. The van der Waals surface area contributed by atoms with Crippen molar-refractivity contribution >= 4 is 44.1 Å². The van der Waals surface area contributed by atoms with Gasteiger partial charge >= 0.3 is 0 Å². The Balaban J connectivity index is 1.15. The van der Waals surface area contributed by atoms with E-state index >= 15 is 0 Å². The van der Waals surface area contributed by atoms with Crippen LogP contribution in [0.25, 0.3) is 66.8 Å². The van der Waals surface area contributed by atoms with Crippen molar-refractivity contribution in [2.45, 2.75) is 25.7 Å². The Morgan fingerprint density at radius 3 is 2.23 bits per heavy atom. The number of hydrogen-bond donors (Lipinski definition) is 0. The summed E-state index contributed by atoms with van der Waals surface area (Å²) >= 11 is 0. The number of fused-ring (bicyclic) bond motifs is 7. The minimum Gasteiger partial charge on any atom is -0.460 e. The molecule has 0 bridgehead atoms. The van der Waals surface area contributed by atoms with Crippen LogP contribution in [0.4, 0.5) is 0 Å². The van der Waals surface area contributed by atoms with E-state index in [1.54, 1.807) is 0 Å². The first-order valence-electron chi connectivity index (χ1n) is 16.8. The normalized spacial score (nSPS) is 18.8. The summed E-state index contributed by atoms with van der Waals surface area (Å²) in [5, 5.41) is 3.38. The van der Waals surface area contributed by atoms with E-state index < -0.39 is 0 Å². The average Bonchev–Trinajstić information content (AvgIpc) is 3.73. The first kappa shape index (κ1) is 27.3. The fourth-order valence-corrected chi connectivity index (χ4v) is 7.88. The van der Waals surface area contributed by atoms with Crippen molar-refractivity contribution in [2.24, 2.45) is 11.8 Å². The largest absolute Gasteiger partial charge is 0.460 e. The van der Waals surface area contributed by atoms with Gasteiger partial charge in [-0.2, -0.15) is 0 Å². The number of furan rings is 2. The van der Waals surface area contributed by atoms with E-state index in [1.165, 1.54) is 22.1 Å².